The van der Waals surface area contributed by atoms with E-state index in [2.05, 4.69) is 0 Å². The Morgan fingerprint density at radius 1 is 1.24 bits per heavy atom. The summed E-state index contributed by atoms with van der Waals surface area (Å²) in [5, 5.41) is 0.784. The third kappa shape index (κ3) is 3.91. The van der Waals surface area contributed by atoms with Crippen LogP contribution in [0.5, 0.6) is 5.75 Å². The van der Waals surface area contributed by atoms with Crippen LogP contribution < -0.4 is 10.5 Å². The maximum absolute atomic E-state index is 11.0. The molecule has 2 unspecified atom stereocenters. The van der Waals surface area contributed by atoms with E-state index in [0.29, 0.717) is 24.2 Å². The van der Waals surface area contributed by atoms with Gasteiger partial charge in [-0.3, -0.25) is 4.79 Å². The van der Waals surface area contributed by atoms with Crippen molar-refractivity contribution >= 4 is 17.5 Å². The van der Waals surface area contributed by atoms with Crippen LogP contribution in [0.1, 0.15) is 50.0 Å². The lowest BCUT2D eigenvalue weighted by Crippen LogP contribution is -2.15. The second kappa shape index (κ2) is 6.27. The highest BCUT2D eigenvalue weighted by Gasteiger charge is 2.29. The van der Waals surface area contributed by atoms with E-state index in [0.717, 1.165) is 36.6 Å². The van der Waals surface area contributed by atoms with Crippen molar-refractivity contribution in [1.29, 1.82) is 0 Å². The fraction of sp³-hybridized carbons (Fsp3) is 0.588. The SMILES string of the molecule is NC(=O)CC1CCC(COc2ccc(Cl)cc2C2CC2)C1. The molecule has 2 fully saturated rings. The van der Waals surface area contributed by atoms with Crippen molar-refractivity contribution in [3.63, 3.8) is 0 Å². The Morgan fingerprint density at radius 2 is 2.00 bits per heavy atom. The molecule has 1 amide bonds. The lowest BCUT2D eigenvalue weighted by Gasteiger charge is -2.15. The lowest BCUT2D eigenvalue weighted by molar-refractivity contribution is -0.118. The molecule has 0 bridgehead atoms. The van der Waals surface area contributed by atoms with Gasteiger partial charge in [-0.05, 0) is 73.6 Å². The standard InChI is InChI=1S/C17H22ClNO2/c18-14-5-6-16(15(9-14)13-3-4-13)21-10-12-2-1-11(7-12)8-17(19)20/h5-6,9,11-13H,1-4,7-8,10H2,(H2,19,20). The van der Waals surface area contributed by atoms with E-state index in [1.807, 2.05) is 18.2 Å². The highest BCUT2D eigenvalue weighted by Crippen LogP contribution is 2.45. The summed E-state index contributed by atoms with van der Waals surface area (Å²) in [7, 11) is 0. The van der Waals surface area contributed by atoms with E-state index in [-0.39, 0.29) is 5.91 Å². The summed E-state index contributed by atoms with van der Waals surface area (Å²) in [4.78, 5) is 11.0. The van der Waals surface area contributed by atoms with Gasteiger partial charge in [0.05, 0.1) is 6.61 Å². The maximum atomic E-state index is 11.0. The number of primary amides is 1. The minimum atomic E-state index is -0.185. The first-order chi connectivity index (χ1) is 10.1. The number of nitrogens with two attached hydrogens (primary N) is 1. The monoisotopic (exact) mass is 307 g/mol. The van der Waals surface area contributed by atoms with Crippen LogP contribution in [0.15, 0.2) is 18.2 Å². The summed E-state index contributed by atoms with van der Waals surface area (Å²) < 4.78 is 6.06. The van der Waals surface area contributed by atoms with Crippen LogP contribution in [0.4, 0.5) is 0 Å². The number of halogens is 1. The fourth-order valence-electron chi connectivity index (χ4n) is 3.37. The maximum Gasteiger partial charge on any atom is 0.217 e. The summed E-state index contributed by atoms with van der Waals surface area (Å²) in [5.74, 6) is 2.42. The molecule has 0 heterocycles. The van der Waals surface area contributed by atoms with Gasteiger partial charge in [-0.15, -0.1) is 0 Å². The minimum absolute atomic E-state index is 0.185. The number of amides is 1. The second-order valence-corrected chi connectivity index (χ2v) is 6.92. The molecular formula is C17H22ClNO2. The third-order valence-corrected chi connectivity index (χ3v) is 4.84. The van der Waals surface area contributed by atoms with Crippen LogP contribution in [-0.4, -0.2) is 12.5 Å². The Balaban J connectivity index is 1.55. The van der Waals surface area contributed by atoms with Crippen molar-refractivity contribution in [3.05, 3.63) is 28.8 Å². The highest BCUT2D eigenvalue weighted by atomic mass is 35.5. The van der Waals surface area contributed by atoms with Crippen LogP contribution in [0.25, 0.3) is 0 Å². The molecule has 3 rings (SSSR count). The molecule has 0 spiro atoms. The summed E-state index contributed by atoms with van der Waals surface area (Å²) in [6, 6.07) is 5.93. The molecule has 0 saturated heterocycles. The quantitative estimate of drug-likeness (QED) is 0.867. The van der Waals surface area contributed by atoms with Crippen molar-refractivity contribution < 1.29 is 9.53 Å². The van der Waals surface area contributed by atoms with Crippen LogP contribution >= 0.6 is 11.6 Å². The second-order valence-electron chi connectivity index (χ2n) is 6.48. The molecule has 2 atom stereocenters. The van der Waals surface area contributed by atoms with Crippen molar-refractivity contribution in [2.24, 2.45) is 17.6 Å². The van der Waals surface area contributed by atoms with Gasteiger partial charge in [0.2, 0.25) is 5.91 Å². The number of benzene rings is 1. The van der Waals surface area contributed by atoms with Gasteiger partial charge >= 0.3 is 0 Å². The molecule has 1 aromatic rings. The summed E-state index contributed by atoms with van der Waals surface area (Å²) >= 11 is 6.08. The Labute approximate surface area is 130 Å². The van der Waals surface area contributed by atoms with Gasteiger partial charge in [0.25, 0.3) is 0 Å². The van der Waals surface area contributed by atoms with Gasteiger partial charge in [-0.2, -0.15) is 0 Å². The topological polar surface area (TPSA) is 52.3 Å². The highest BCUT2D eigenvalue weighted by molar-refractivity contribution is 6.30. The van der Waals surface area contributed by atoms with Crippen LogP contribution in [0.2, 0.25) is 5.02 Å². The molecule has 4 heteroatoms. The van der Waals surface area contributed by atoms with Gasteiger partial charge in [-0.1, -0.05) is 11.6 Å². The van der Waals surface area contributed by atoms with Gasteiger partial charge in [0.15, 0.2) is 0 Å². The number of carbonyl (C=O) groups excluding carboxylic acids is 1. The van der Waals surface area contributed by atoms with E-state index in [1.165, 1.54) is 18.4 Å². The van der Waals surface area contributed by atoms with Gasteiger partial charge < -0.3 is 10.5 Å². The molecule has 2 N–H and O–H groups in total. The van der Waals surface area contributed by atoms with Crippen molar-refractivity contribution in [3.8, 4) is 5.75 Å². The number of ether oxygens (including phenoxy) is 1. The molecule has 21 heavy (non-hydrogen) atoms. The Morgan fingerprint density at radius 3 is 2.71 bits per heavy atom. The number of hydrogen-bond acceptors (Lipinski definition) is 2. The molecule has 1 aromatic carbocycles. The van der Waals surface area contributed by atoms with Gasteiger partial charge in [0, 0.05) is 11.4 Å². The predicted molar refractivity (Wildman–Crippen MR) is 83.6 cm³/mol. The summed E-state index contributed by atoms with van der Waals surface area (Å²) in [6.45, 7) is 0.733. The molecule has 3 nitrogen and oxygen atoms in total. The normalized spacial score (nSPS) is 25.0. The largest absolute Gasteiger partial charge is 0.493 e. The van der Waals surface area contributed by atoms with Gasteiger partial charge in [-0.25, -0.2) is 0 Å². The number of hydrogen-bond donors (Lipinski definition) is 1. The van der Waals surface area contributed by atoms with Crippen LogP contribution in [0, 0.1) is 11.8 Å². The first kappa shape index (κ1) is 14.7. The molecule has 0 aliphatic heterocycles. The molecule has 2 aliphatic carbocycles. The minimum Gasteiger partial charge on any atom is -0.493 e. The van der Waals surface area contributed by atoms with E-state index < -0.39 is 0 Å². The first-order valence-electron chi connectivity index (χ1n) is 7.82. The van der Waals surface area contributed by atoms with E-state index in [4.69, 9.17) is 22.1 Å². The molecule has 0 aromatic heterocycles. The van der Waals surface area contributed by atoms with Crippen molar-refractivity contribution in [1.82, 2.24) is 0 Å². The van der Waals surface area contributed by atoms with Crippen molar-refractivity contribution in [2.75, 3.05) is 6.61 Å². The predicted octanol–water partition coefficient (Wildman–Crippen LogP) is 3.89. The van der Waals surface area contributed by atoms with E-state index in [9.17, 15) is 4.79 Å². The van der Waals surface area contributed by atoms with E-state index >= 15 is 0 Å². The molecular weight excluding hydrogens is 286 g/mol. The van der Waals surface area contributed by atoms with Gasteiger partial charge in [0.1, 0.15) is 5.75 Å². The Kier molecular flexibility index (Phi) is 4.39. The molecule has 2 aliphatic rings. The zero-order valence-corrected chi connectivity index (χ0v) is 12.9. The molecule has 0 radical (unpaired) electrons. The Bertz CT molecular complexity index is 528. The Hall–Kier alpha value is -1.22. The van der Waals surface area contributed by atoms with Crippen molar-refractivity contribution in [2.45, 2.75) is 44.4 Å². The van der Waals surface area contributed by atoms with Crippen LogP contribution in [0.3, 0.4) is 0 Å². The average Bonchev–Trinajstić information content (AvgIpc) is 3.19. The zero-order chi connectivity index (χ0) is 14.8. The first-order valence-corrected chi connectivity index (χ1v) is 8.20. The lowest BCUT2D eigenvalue weighted by atomic mass is 10.0. The number of carbonyl (C=O) groups is 1. The third-order valence-electron chi connectivity index (χ3n) is 4.60. The molecule has 114 valence electrons. The summed E-state index contributed by atoms with van der Waals surface area (Å²) in [5.41, 5.74) is 6.53. The smallest absolute Gasteiger partial charge is 0.217 e. The molecule has 2 saturated carbocycles. The summed E-state index contributed by atoms with van der Waals surface area (Å²) in [6.07, 6.45) is 6.26. The zero-order valence-electron chi connectivity index (χ0n) is 12.2. The van der Waals surface area contributed by atoms with Crippen LogP contribution in [-0.2, 0) is 4.79 Å². The fourth-order valence-corrected chi connectivity index (χ4v) is 3.55. The van der Waals surface area contributed by atoms with E-state index in [1.54, 1.807) is 0 Å². The average molecular weight is 308 g/mol. The number of rotatable bonds is 6.